The van der Waals surface area contributed by atoms with Gasteiger partial charge >= 0.3 is 0 Å². The number of benzene rings is 2. The molecule has 0 saturated carbocycles. The topological polar surface area (TPSA) is 38.3 Å². The summed E-state index contributed by atoms with van der Waals surface area (Å²) >= 11 is 0. The molecule has 0 aliphatic carbocycles. The first-order valence-electron chi connectivity index (χ1n) is 6.62. The molecule has 1 unspecified atom stereocenters. The Bertz CT molecular complexity index is 593. The van der Waals surface area contributed by atoms with E-state index < -0.39 is 0 Å². The molecule has 20 heavy (non-hydrogen) atoms. The maximum absolute atomic E-state index is 11.3. The molecule has 2 aromatic carbocycles. The van der Waals surface area contributed by atoms with Crippen molar-refractivity contribution in [3.05, 3.63) is 59.7 Å². The van der Waals surface area contributed by atoms with E-state index in [0.717, 1.165) is 17.0 Å². The maximum atomic E-state index is 11.3. The highest BCUT2D eigenvalue weighted by Crippen LogP contribution is 2.32. The summed E-state index contributed by atoms with van der Waals surface area (Å²) in [5.41, 5.74) is 3.08. The summed E-state index contributed by atoms with van der Waals surface area (Å²) in [7, 11) is 1.64. The molecule has 0 radical (unpaired) electrons. The van der Waals surface area contributed by atoms with E-state index >= 15 is 0 Å². The van der Waals surface area contributed by atoms with E-state index in [2.05, 4.69) is 24.4 Å². The lowest BCUT2D eigenvalue weighted by atomic mass is 9.91. The molecular formula is C17H19NO2. The number of hydrogen-bond donors (Lipinski definition) is 1. The van der Waals surface area contributed by atoms with Crippen LogP contribution in [-0.4, -0.2) is 13.0 Å². The summed E-state index contributed by atoms with van der Waals surface area (Å²) < 4.78 is 5.29. The fourth-order valence-electron chi connectivity index (χ4n) is 2.25. The van der Waals surface area contributed by atoms with Gasteiger partial charge in [0, 0.05) is 18.5 Å². The van der Waals surface area contributed by atoms with Crippen molar-refractivity contribution in [1.29, 1.82) is 0 Å². The Morgan fingerprint density at radius 1 is 1.15 bits per heavy atom. The number of anilines is 1. The van der Waals surface area contributed by atoms with Gasteiger partial charge in [0.2, 0.25) is 5.91 Å². The van der Waals surface area contributed by atoms with E-state index in [1.165, 1.54) is 12.5 Å². The van der Waals surface area contributed by atoms with Gasteiger partial charge in [-0.2, -0.15) is 0 Å². The van der Waals surface area contributed by atoms with Crippen LogP contribution in [0.15, 0.2) is 48.5 Å². The highest BCUT2D eigenvalue weighted by molar-refractivity contribution is 5.89. The van der Waals surface area contributed by atoms with Crippen LogP contribution in [0.25, 0.3) is 0 Å². The molecule has 0 bridgehead atoms. The third-order valence-corrected chi connectivity index (χ3v) is 3.34. The minimum absolute atomic E-state index is 0.0725. The van der Waals surface area contributed by atoms with Gasteiger partial charge in [0.1, 0.15) is 5.75 Å². The number of methoxy groups -OCH3 is 1. The van der Waals surface area contributed by atoms with Crippen LogP contribution in [0, 0.1) is 0 Å². The average molecular weight is 269 g/mol. The number of rotatable bonds is 4. The molecule has 2 rings (SSSR count). The summed E-state index contributed by atoms with van der Waals surface area (Å²) in [5, 5.41) is 2.88. The lowest BCUT2D eigenvalue weighted by Crippen LogP contribution is -2.10. The molecule has 2 aromatic rings. The number of carbonyl (C=O) groups excluding carboxylic acids is 1. The van der Waals surface area contributed by atoms with Crippen molar-refractivity contribution in [3.63, 3.8) is 0 Å². The smallest absolute Gasteiger partial charge is 0.221 e. The number of carbonyl (C=O) groups is 1. The molecule has 0 saturated heterocycles. The Morgan fingerprint density at radius 3 is 2.45 bits per heavy atom. The lowest BCUT2D eigenvalue weighted by Gasteiger charge is -2.18. The zero-order valence-electron chi connectivity index (χ0n) is 12.0. The standard InChI is InChI=1S/C17H19NO2/c1-12(14-7-5-4-6-8-14)16-11-15(20-3)9-10-17(16)18-13(2)19/h4-12H,1-3H3,(H,18,19). The summed E-state index contributed by atoms with van der Waals surface area (Å²) in [5.74, 6) is 0.890. The first-order chi connectivity index (χ1) is 9.61. The molecule has 1 N–H and O–H groups in total. The SMILES string of the molecule is COc1ccc(NC(C)=O)c(C(C)c2ccccc2)c1. The largest absolute Gasteiger partial charge is 0.497 e. The van der Waals surface area contributed by atoms with Gasteiger partial charge in [0.25, 0.3) is 0 Å². The predicted molar refractivity (Wildman–Crippen MR) is 81.3 cm³/mol. The van der Waals surface area contributed by atoms with Crippen LogP contribution in [-0.2, 0) is 4.79 Å². The molecule has 1 amide bonds. The molecule has 3 nitrogen and oxygen atoms in total. The fourth-order valence-corrected chi connectivity index (χ4v) is 2.25. The fraction of sp³-hybridized carbons (Fsp3) is 0.235. The van der Waals surface area contributed by atoms with E-state index in [9.17, 15) is 4.79 Å². The van der Waals surface area contributed by atoms with Crippen LogP contribution >= 0.6 is 0 Å². The number of hydrogen-bond acceptors (Lipinski definition) is 2. The Hall–Kier alpha value is -2.29. The van der Waals surface area contributed by atoms with E-state index in [1.54, 1.807) is 7.11 Å². The summed E-state index contributed by atoms with van der Waals surface area (Å²) in [6, 6.07) is 15.9. The van der Waals surface area contributed by atoms with E-state index in [-0.39, 0.29) is 11.8 Å². The van der Waals surface area contributed by atoms with E-state index in [4.69, 9.17) is 4.74 Å². The molecule has 104 valence electrons. The summed E-state index contributed by atoms with van der Waals surface area (Å²) in [6.45, 7) is 3.64. The maximum Gasteiger partial charge on any atom is 0.221 e. The minimum Gasteiger partial charge on any atom is -0.497 e. The number of amides is 1. The quantitative estimate of drug-likeness (QED) is 0.916. The van der Waals surface area contributed by atoms with Crippen molar-refractivity contribution in [3.8, 4) is 5.75 Å². The second-order valence-electron chi connectivity index (χ2n) is 4.77. The van der Waals surface area contributed by atoms with Crippen molar-refractivity contribution >= 4 is 11.6 Å². The van der Waals surface area contributed by atoms with Gasteiger partial charge < -0.3 is 10.1 Å². The molecule has 0 fully saturated rings. The first-order valence-corrected chi connectivity index (χ1v) is 6.62. The van der Waals surface area contributed by atoms with Gasteiger partial charge in [-0.3, -0.25) is 4.79 Å². The van der Waals surface area contributed by atoms with Crippen LogP contribution in [0.1, 0.15) is 30.9 Å². The molecular weight excluding hydrogens is 250 g/mol. The van der Waals surface area contributed by atoms with Gasteiger partial charge in [-0.15, -0.1) is 0 Å². The van der Waals surface area contributed by atoms with Crippen molar-refractivity contribution < 1.29 is 9.53 Å². The molecule has 1 atom stereocenters. The molecule has 0 spiro atoms. The van der Waals surface area contributed by atoms with Crippen molar-refractivity contribution in [2.75, 3.05) is 12.4 Å². The van der Waals surface area contributed by atoms with Crippen molar-refractivity contribution in [1.82, 2.24) is 0 Å². The van der Waals surface area contributed by atoms with Gasteiger partial charge in [0.05, 0.1) is 7.11 Å². The second-order valence-corrected chi connectivity index (χ2v) is 4.77. The highest BCUT2D eigenvalue weighted by atomic mass is 16.5. The lowest BCUT2D eigenvalue weighted by molar-refractivity contribution is -0.114. The Labute approximate surface area is 119 Å². The average Bonchev–Trinajstić information content (AvgIpc) is 2.47. The van der Waals surface area contributed by atoms with Gasteiger partial charge in [-0.1, -0.05) is 37.3 Å². The van der Waals surface area contributed by atoms with Crippen molar-refractivity contribution in [2.24, 2.45) is 0 Å². The Balaban J connectivity index is 2.44. The minimum atomic E-state index is -0.0725. The third kappa shape index (κ3) is 3.18. The zero-order valence-corrected chi connectivity index (χ0v) is 12.0. The molecule has 0 heterocycles. The predicted octanol–water partition coefficient (Wildman–Crippen LogP) is 3.81. The Morgan fingerprint density at radius 2 is 1.85 bits per heavy atom. The molecule has 0 aliphatic heterocycles. The van der Waals surface area contributed by atoms with Crippen LogP contribution in [0.3, 0.4) is 0 Å². The summed E-state index contributed by atoms with van der Waals surface area (Å²) in [4.78, 5) is 11.3. The van der Waals surface area contributed by atoms with Crippen LogP contribution in [0.2, 0.25) is 0 Å². The second kappa shape index (κ2) is 6.24. The van der Waals surface area contributed by atoms with Gasteiger partial charge in [-0.25, -0.2) is 0 Å². The highest BCUT2D eigenvalue weighted by Gasteiger charge is 2.14. The Kier molecular flexibility index (Phi) is 4.41. The normalized spacial score (nSPS) is 11.8. The first kappa shape index (κ1) is 14.1. The molecule has 3 heteroatoms. The van der Waals surface area contributed by atoms with Gasteiger partial charge in [0.15, 0.2) is 0 Å². The van der Waals surface area contributed by atoms with E-state index in [1.807, 2.05) is 36.4 Å². The monoisotopic (exact) mass is 269 g/mol. The van der Waals surface area contributed by atoms with Crippen LogP contribution in [0.4, 0.5) is 5.69 Å². The van der Waals surface area contributed by atoms with Crippen molar-refractivity contribution in [2.45, 2.75) is 19.8 Å². The third-order valence-electron chi connectivity index (χ3n) is 3.34. The number of ether oxygens (including phenoxy) is 1. The zero-order chi connectivity index (χ0) is 14.5. The molecule has 0 aliphatic rings. The van der Waals surface area contributed by atoms with Crippen LogP contribution < -0.4 is 10.1 Å². The van der Waals surface area contributed by atoms with Crippen LogP contribution in [0.5, 0.6) is 5.75 Å². The van der Waals surface area contributed by atoms with Gasteiger partial charge in [-0.05, 0) is 29.3 Å². The molecule has 0 aromatic heterocycles. The number of nitrogens with one attached hydrogen (secondary N) is 1. The summed E-state index contributed by atoms with van der Waals surface area (Å²) in [6.07, 6.45) is 0. The van der Waals surface area contributed by atoms with E-state index in [0.29, 0.717) is 0 Å².